The smallest absolute Gasteiger partial charge is 0.323 e. The normalized spacial score (nSPS) is 22.9. The van der Waals surface area contributed by atoms with Crippen LogP contribution in [0.15, 0.2) is 0 Å². The molecule has 16 heavy (non-hydrogen) atoms. The molecule has 4 N–H and O–H groups in total. The Bertz CT molecular complexity index is 356. The molecule has 1 aliphatic rings. The van der Waals surface area contributed by atoms with Gasteiger partial charge in [0.1, 0.15) is 0 Å². The van der Waals surface area contributed by atoms with Gasteiger partial charge in [0.05, 0.1) is 0 Å². The largest absolute Gasteiger partial charge is 0.351 e. The molecular formula is C7H14O7P2. The Morgan fingerprint density at radius 1 is 0.938 bits per heavy atom. The van der Waals surface area contributed by atoms with Crippen molar-refractivity contribution in [2.75, 3.05) is 0 Å². The minimum absolute atomic E-state index is 0.198. The van der Waals surface area contributed by atoms with Gasteiger partial charge < -0.3 is 19.6 Å². The zero-order chi connectivity index (χ0) is 12.6. The highest BCUT2D eigenvalue weighted by Crippen LogP contribution is 2.72. The van der Waals surface area contributed by atoms with Crippen LogP contribution in [0.5, 0.6) is 0 Å². The highest BCUT2D eigenvalue weighted by atomic mass is 31.2. The summed E-state index contributed by atoms with van der Waals surface area (Å²) >= 11 is 0. The Kier molecular flexibility index (Phi) is 3.80. The van der Waals surface area contributed by atoms with E-state index in [1.54, 1.807) is 0 Å². The van der Waals surface area contributed by atoms with Crippen LogP contribution in [-0.2, 0) is 13.9 Å². The molecule has 1 aliphatic carbocycles. The predicted octanol–water partition coefficient (Wildman–Crippen LogP) is 0.571. The second-order valence-corrected chi connectivity index (χ2v) is 7.94. The van der Waals surface area contributed by atoms with Gasteiger partial charge in [-0.3, -0.25) is 13.9 Å². The van der Waals surface area contributed by atoms with Crippen molar-refractivity contribution in [2.24, 2.45) is 0 Å². The van der Waals surface area contributed by atoms with Crippen LogP contribution in [0.4, 0.5) is 0 Å². The third-order valence-corrected chi connectivity index (χ3v) is 7.28. The minimum Gasteiger partial charge on any atom is -0.323 e. The molecule has 0 aliphatic heterocycles. The van der Waals surface area contributed by atoms with Gasteiger partial charge in [-0.1, -0.05) is 12.8 Å². The quantitative estimate of drug-likeness (QED) is 0.426. The van der Waals surface area contributed by atoms with Crippen LogP contribution in [0.25, 0.3) is 0 Å². The summed E-state index contributed by atoms with van der Waals surface area (Å²) in [6, 6.07) is 0. The van der Waals surface area contributed by atoms with Gasteiger partial charge in [0, 0.05) is 6.42 Å². The standard InChI is InChI=1S/C7H14O7P2/c8-6-4-2-1-3-5-7(6,15(9,10)11)16(12,13)14/h1-5H2,(H2,9,10,11)(H2,12,13,14). The van der Waals surface area contributed by atoms with Crippen molar-refractivity contribution < 1.29 is 33.5 Å². The van der Waals surface area contributed by atoms with Gasteiger partial charge in [-0.2, -0.15) is 0 Å². The van der Waals surface area contributed by atoms with E-state index in [2.05, 4.69) is 0 Å². The highest BCUT2D eigenvalue weighted by molar-refractivity contribution is 7.74. The van der Waals surface area contributed by atoms with Gasteiger partial charge in [0.15, 0.2) is 5.78 Å². The van der Waals surface area contributed by atoms with Crippen molar-refractivity contribution in [3.05, 3.63) is 0 Å². The van der Waals surface area contributed by atoms with Gasteiger partial charge in [-0.05, 0) is 12.8 Å². The first-order valence-corrected chi connectivity index (χ1v) is 8.00. The lowest BCUT2D eigenvalue weighted by atomic mass is 10.2. The first kappa shape index (κ1) is 14.0. The molecule has 0 atom stereocenters. The predicted molar refractivity (Wildman–Crippen MR) is 54.9 cm³/mol. The third-order valence-electron chi connectivity index (χ3n) is 2.84. The van der Waals surface area contributed by atoms with Crippen LogP contribution < -0.4 is 0 Å². The van der Waals surface area contributed by atoms with E-state index in [4.69, 9.17) is 19.6 Å². The minimum atomic E-state index is -5.19. The van der Waals surface area contributed by atoms with Gasteiger partial charge in [-0.15, -0.1) is 0 Å². The van der Waals surface area contributed by atoms with Gasteiger partial charge in [0.2, 0.25) is 4.90 Å². The van der Waals surface area contributed by atoms with Crippen molar-refractivity contribution >= 4 is 21.0 Å². The average molecular weight is 272 g/mol. The highest BCUT2D eigenvalue weighted by Gasteiger charge is 2.64. The lowest BCUT2D eigenvalue weighted by Crippen LogP contribution is -2.37. The fourth-order valence-electron chi connectivity index (χ4n) is 1.96. The third kappa shape index (κ3) is 2.16. The Morgan fingerprint density at radius 2 is 1.44 bits per heavy atom. The molecule has 0 spiro atoms. The molecule has 1 saturated carbocycles. The Balaban J connectivity index is 3.38. The number of hydrogen-bond acceptors (Lipinski definition) is 3. The molecule has 1 rings (SSSR count). The zero-order valence-corrected chi connectivity index (χ0v) is 10.2. The summed E-state index contributed by atoms with van der Waals surface area (Å²) in [7, 11) is -10.4. The Morgan fingerprint density at radius 3 is 1.88 bits per heavy atom. The lowest BCUT2D eigenvalue weighted by Gasteiger charge is -2.31. The van der Waals surface area contributed by atoms with Gasteiger partial charge in [-0.25, -0.2) is 0 Å². The molecule has 0 aromatic heterocycles. The monoisotopic (exact) mass is 272 g/mol. The van der Waals surface area contributed by atoms with Crippen LogP contribution in [0.3, 0.4) is 0 Å². The van der Waals surface area contributed by atoms with E-state index >= 15 is 0 Å². The van der Waals surface area contributed by atoms with Crippen LogP contribution >= 0.6 is 15.2 Å². The second-order valence-electron chi connectivity index (χ2n) is 3.89. The molecule has 0 aromatic carbocycles. The molecule has 9 heteroatoms. The molecular weight excluding hydrogens is 258 g/mol. The number of carbonyl (C=O) groups is 1. The summed E-state index contributed by atoms with van der Waals surface area (Å²) in [4.78, 5) is 45.3. The van der Waals surface area contributed by atoms with E-state index in [9.17, 15) is 13.9 Å². The van der Waals surface area contributed by atoms with E-state index in [0.717, 1.165) is 0 Å². The van der Waals surface area contributed by atoms with E-state index in [1.807, 2.05) is 0 Å². The van der Waals surface area contributed by atoms with Gasteiger partial charge >= 0.3 is 15.2 Å². The van der Waals surface area contributed by atoms with E-state index in [0.29, 0.717) is 12.8 Å². The molecule has 1 fully saturated rings. The van der Waals surface area contributed by atoms with Crippen molar-refractivity contribution in [1.82, 2.24) is 0 Å². The van der Waals surface area contributed by atoms with E-state index in [1.165, 1.54) is 0 Å². The maximum atomic E-state index is 11.6. The molecule has 0 unspecified atom stereocenters. The van der Waals surface area contributed by atoms with Crippen LogP contribution in [0, 0.1) is 0 Å². The van der Waals surface area contributed by atoms with Crippen molar-refractivity contribution in [3.8, 4) is 0 Å². The number of ketones is 1. The summed E-state index contributed by atoms with van der Waals surface area (Å²) in [6.45, 7) is 0. The number of hydrogen-bond donors (Lipinski definition) is 4. The SMILES string of the molecule is O=C1CCCCCC1(P(=O)(O)O)P(=O)(O)O. The van der Waals surface area contributed by atoms with Crippen molar-refractivity contribution in [1.29, 1.82) is 0 Å². The average Bonchev–Trinajstić information content (AvgIpc) is 2.23. The molecule has 0 aromatic rings. The van der Waals surface area contributed by atoms with Gasteiger partial charge in [0.25, 0.3) is 0 Å². The molecule has 0 bridgehead atoms. The van der Waals surface area contributed by atoms with Crippen LogP contribution in [0.1, 0.15) is 32.1 Å². The number of rotatable bonds is 2. The maximum absolute atomic E-state index is 11.6. The second kappa shape index (κ2) is 4.33. The molecule has 7 nitrogen and oxygen atoms in total. The van der Waals surface area contributed by atoms with Crippen molar-refractivity contribution in [2.45, 2.75) is 37.0 Å². The zero-order valence-electron chi connectivity index (χ0n) is 8.44. The number of Topliss-reactive ketones (excluding diaryl/α,β-unsaturated/α-hetero) is 1. The van der Waals surface area contributed by atoms with Crippen molar-refractivity contribution in [3.63, 3.8) is 0 Å². The summed E-state index contributed by atoms with van der Waals surface area (Å²) in [5, 5.41) is 0. The molecule has 0 heterocycles. The molecule has 94 valence electrons. The fourth-order valence-corrected chi connectivity index (χ4v) is 5.09. The van der Waals surface area contributed by atoms with Crippen LogP contribution in [0.2, 0.25) is 0 Å². The fraction of sp³-hybridized carbons (Fsp3) is 0.857. The summed E-state index contributed by atoms with van der Waals surface area (Å²) in [6.07, 6.45) is 0.507. The first-order valence-electron chi connectivity index (χ1n) is 4.77. The molecule has 0 saturated heterocycles. The van der Waals surface area contributed by atoms with E-state index < -0.39 is 32.3 Å². The lowest BCUT2D eigenvalue weighted by molar-refractivity contribution is -0.120. The molecule has 0 amide bonds. The Labute approximate surface area is 92.2 Å². The van der Waals surface area contributed by atoms with E-state index in [-0.39, 0.29) is 12.8 Å². The first-order chi connectivity index (χ1) is 7.13. The topological polar surface area (TPSA) is 132 Å². The van der Waals surface area contributed by atoms with Crippen LogP contribution in [-0.4, -0.2) is 30.3 Å². The summed E-state index contributed by atoms with van der Waals surface area (Å²) in [5.74, 6) is -1.02. The maximum Gasteiger partial charge on any atom is 0.351 e. The summed E-state index contributed by atoms with van der Waals surface area (Å²) in [5.41, 5.74) is 0. The molecule has 0 radical (unpaired) electrons. The Hall–Kier alpha value is -0.0300. The number of carbonyl (C=O) groups excluding carboxylic acids is 1. The summed E-state index contributed by atoms with van der Waals surface area (Å²) < 4.78 is 22.6.